The highest BCUT2D eigenvalue weighted by Gasteiger charge is 2.34. The van der Waals surface area contributed by atoms with Crippen molar-refractivity contribution in [2.24, 2.45) is 5.92 Å². The minimum Gasteiger partial charge on any atom is -0.497 e. The number of carbonyl (C=O) groups is 2. The number of rotatable bonds is 4. The van der Waals surface area contributed by atoms with Gasteiger partial charge in [-0.25, -0.2) is 9.97 Å². The third kappa shape index (κ3) is 3.20. The average Bonchev–Trinajstić information content (AvgIpc) is 2.92. The lowest BCUT2D eigenvalue weighted by Crippen LogP contribution is -2.53. The molecule has 3 heterocycles. The summed E-state index contributed by atoms with van der Waals surface area (Å²) in [6.45, 7) is 6.41. The van der Waals surface area contributed by atoms with Crippen LogP contribution in [0, 0.1) is 19.8 Å². The molecular weight excluding hydrogens is 370 g/mol. The van der Waals surface area contributed by atoms with Crippen molar-refractivity contribution >= 4 is 28.7 Å². The van der Waals surface area contributed by atoms with Crippen molar-refractivity contribution in [1.82, 2.24) is 19.4 Å². The van der Waals surface area contributed by atoms with Crippen LogP contribution in [0.5, 0.6) is 5.75 Å². The topological polar surface area (TPSA) is 89.4 Å². The first-order chi connectivity index (χ1) is 13.9. The molecule has 1 N–H and O–H groups in total. The molecule has 1 aliphatic heterocycles. The predicted octanol–water partition coefficient (Wildman–Crippen LogP) is 2.46. The molecule has 29 heavy (non-hydrogen) atoms. The minimum absolute atomic E-state index is 0.0125. The van der Waals surface area contributed by atoms with Gasteiger partial charge in [-0.05, 0) is 43.7 Å². The number of nitrogens with zero attached hydrogens (tertiary/aromatic N) is 4. The van der Waals surface area contributed by atoms with Crippen LogP contribution in [0.4, 0.5) is 5.82 Å². The van der Waals surface area contributed by atoms with E-state index in [1.807, 2.05) is 42.7 Å². The van der Waals surface area contributed by atoms with E-state index in [0.29, 0.717) is 18.9 Å². The minimum atomic E-state index is -0.214. The van der Waals surface area contributed by atoms with Gasteiger partial charge in [-0.2, -0.15) is 0 Å². The van der Waals surface area contributed by atoms with Gasteiger partial charge in [-0.15, -0.1) is 0 Å². The highest BCUT2D eigenvalue weighted by atomic mass is 16.5. The van der Waals surface area contributed by atoms with Crippen LogP contribution in [0.2, 0.25) is 0 Å². The first-order valence-electron chi connectivity index (χ1n) is 9.44. The lowest BCUT2D eigenvalue weighted by atomic mass is 9.99. The summed E-state index contributed by atoms with van der Waals surface area (Å²) in [6.07, 6.45) is 1.46. The normalized spacial score (nSPS) is 14.0. The molecule has 3 aromatic rings. The standard InChI is InChI=1S/C21H23N5O3/c1-12-13(2)26(16-5-7-17(29-4)8-6-16)20-18(12)19(22-11-23-20)24-21(28)15-9-25(10-15)14(3)27/h5-8,11,15H,9-10H2,1-4H3,(H,22,23,24,28). The average molecular weight is 393 g/mol. The maximum absolute atomic E-state index is 12.6. The van der Waals surface area contributed by atoms with Crippen molar-refractivity contribution in [2.75, 3.05) is 25.5 Å². The number of likely N-dealkylation sites (tertiary alicyclic amines) is 1. The number of anilines is 1. The number of benzene rings is 1. The lowest BCUT2D eigenvalue weighted by molar-refractivity contribution is -0.139. The maximum Gasteiger partial charge on any atom is 0.232 e. The van der Waals surface area contributed by atoms with Gasteiger partial charge >= 0.3 is 0 Å². The molecule has 8 nitrogen and oxygen atoms in total. The van der Waals surface area contributed by atoms with Gasteiger partial charge < -0.3 is 15.0 Å². The summed E-state index contributed by atoms with van der Waals surface area (Å²) in [6, 6.07) is 7.74. The Kier molecular flexibility index (Phi) is 4.70. The Morgan fingerprint density at radius 2 is 1.83 bits per heavy atom. The predicted molar refractivity (Wildman–Crippen MR) is 109 cm³/mol. The molecule has 1 aromatic carbocycles. The summed E-state index contributed by atoms with van der Waals surface area (Å²) in [4.78, 5) is 34.4. The molecule has 0 aliphatic carbocycles. The van der Waals surface area contributed by atoms with E-state index in [2.05, 4.69) is 15.3 Å². The van der Waals surface area contributed by atoms with Gasteiger partial charge in [0.1, 0.15) is 17.9 Å². The van der Waals surface area contributed by atoms with E-state index in [1.54, 1.807) is 12.0 Å². The number of hydrogen-bond acceptors (Lipinski definition) is 5. The number of carbonyl (C=O) groups excluding carboxylic acids is 2. The molecule has 0 saturated carbocycles. The second-order valence-electron chi connectivity index (χ2n) is 7.27. The first-order valence-corrected chi connectivity index (χ1v) is 9.44. The number of hydrogen-bond donors (Lipinski definition) is 1. The SMILES string of the molecule is COc1ccc(-n2c(C)c(C)c3c(NC(=O)C4CN(C(C)=O)C4)ncnc32)cc1. The molecule has 0 radical (unpaired) electrons. The van der Waals surface area contributed by atoms with Crippen LogP contribution in [-0.4, -0.2) is 51.4 Å². The Morgan fingerprint density at radius 3 is 2.45 bits per heavy atom. The van der Waals surface area contributed by atoms with Crippen molar-refractivity contribution in [3.05, 3.63) is 41.9 Å². The quantitative estimate of drug-likeness (QED) is 0.736. The van der Waals surface area contributed by atoms with Gasteiger partial charge in [-0.3, -0.25) is 14.2 Å². The van der Waals surface area contributed by atoms with E-state index in [0.717, 1.165) is 33.7 Å². The van der Waals surface area contributed by atoms with E-state index >= 15 is 0 Å². The van der Waals surface area contributed by atoms with E-state index in [1.165, 1.54) is 13.3 Å². The Hall–Kier alpha value is -3.42. The molecule has 2 aromatic heterocycles. The Balaban J connectivity index is 1.68. The van der Waals surface area contributed by atoms with Crippen molar-refractivity contribution in [3.8, 4) is 11.4 Å². The summed E-state index contributed by atoms with van der Waals surface area (Å²) in [5.41, 5.74) is 3.71. The largest absolute Gasteiger partial charge is 0.497 e. The van der Waals surface area contributed by atoms with Crippen LogP contribution in [0.25, 0.3) is 16.7 Å². The summed E-state index contributed by atoms with van der Waals surface area (Å²) in [7, 11) is 1.63. The molecule has 4 rings (SSSR count). The number of methoxy groups -OCH3 is 1. The number of aromatic nitrogens is 3. The van der Waals surface area contributed by atoms with Crippen LogP contribution in [-0.2, 0) is 9.59 Å². The molecule has 0 spiro atoms. The van der Waals surface area contributed by atoms with Crippen molar-refractivity contribution in [2.45, 2.75) is 20.8 Å². The van der Waals surface area contributed by atoms with Gasteiger partial charge in [0.05, 0.1) is 18.4 Å². The zero-order chi connectivity index (χ0) is 20.7. The highest BCUT2D eigenvalue weighted by Crippen LogP contribution is 2.32. The van der Waals surface area contributed by atoms with Crippen LogP contribution < -0.4 is 10.1 Å². The third-order valence-electron chi connectivity index (χ3n) is 5.56. The molecule has 2 amide bonds. The van der Waals surface area contributed by atoms with Gasteiger partial charge in [0, 0.05) is 31.4 Å². The first kappa shape index (κ1) is 18.9. The number of amides is 2. The summed E-state index contributed by atoms with van der Waals surface area (Å²) in [5, 5.41) is 3.75. The van der Waals surface area contributed by atoms with Crippen LogP contribution in [0.3, 0.4) is 0 Å². The Morgan fingerprint density at radius 1 is 1.14 bits per heavy atom. The van der Waals surface area contributed by atoms with Crippen LogP contribution in [0.1, 0.15) is 18.2 Å². The third-order valence-corrected chi connectivity index (χ3v) is 5.56. The van der Waals surface area contributed by atoms with Crippen LogP contribution >= 0.6 is 0 Å². The number of ether oxygens (including phenoxy) is 1. The number of aryl methyl sites for hydroxylation is 1. The van der Waals surface area contributed by atoms with Gasteiger partial charge in [0.15, 0.2) is 5.65 Å². The van der Waals surface area contributed by atoms with Crippen LogP contribution in [0.15, 0.2) is 30.6 Å². The van der Waals surface area contributed by atoms with E-state index < -0.39 is 0 Å². The second-order valence-corrected chi connectivity index (χ2v) is 7.27. The highest BCUT2D eigenvalue weighted by molar-refractivity contribution is 6.02. The smallest absolute Gasteiger partial charge is 0.232 e. The molecule has 0 bridgehead atoms. The molecule has 8 heteroatoms. The van der Waals surface area contributed by atoms with E-state index in [9.17, 15) is 9.59 Å². The monoisotopic (exact) mass is 393 g/mol. The maximum atomic E-state index is 12.6. The number of nitrogens with one attached hydrogen (secondary N) is 1. The second kappa shape index (κ2) is 7.20. The van der Waals surface area contributed by atoms with Gasteiger partial charge in [0.2, 0.25) is 11.8 Å². The molecule has 1 aliphatic rings. The van der Waals surface area contributed by atoms with Gasteiger partial charge in [0.25, 0.3) is 0 Å². The fourth-order valence-electron chi connectivity index (χ4n) is 3.66. The van der Waals surface area contributed by atoms with E-state index in [-0.39, 0.29) is 17.7 Å². The fraction of sp³-hybridized carbons (Fsp3) is 0.333. The van der Waals surface area contributed by atoms with Crippen molar-refractivity contribution in [3.63, 3.8) is 0 Å². The Labute approximate surface area is 168 Å². The van der Waals surface area contributed by atoms with Gasteiger partial charge in [-0.1, -0.05) is 0 Å². The lowest BCUT2D eigenvalue weighted by Gasteiger charge is -2.37. The summed E-state index contributed by atoms with van der Waals surface area (Å²) >= 11 is 0. The number of fused-ring (bicyclic) bond motifs is 1. The zero-order valence-electron chi connectivity index (χ0n) is 16.9. The molecule has 0 atom stereocenters. The molecule has 150 valence electrons. The fourth-order valence-corrected chi connectivity index (χ4v) is 3.66. The summed E-state index contributed by atoms with van der Waals surface area (Å²) < 4.78 is 7.29. The zero-order valence-corrected chi connectivity index (χ0v) is 16.9. The molecule has 1 fully saturated rings. The van der Waals surface area contributed by atoms with E-state index in [4.69, 9.17) is 4.74 Å². The molecular formula is C21H23N5O3. The Bertz CT molecular complexity index is 1100. The molecule has 0 unspecified atom stereocenters. The van der Waals surface area contributed by atoms with Crippen molar-refractivity contribution in [1.29, 1.82) is 0 Å². The summed E-state index contributed by atoms with van der Waals surface area (Å²) in [5.74, 6) is 0.920. The molecule has 1 saturated heterocycles. The van der Waals surface area contributed by atoms with Crippen molar-refractivity contribution < 1.29 is 14.3 Å².